The predicted molar refractivity (Wildman–Crippen MR) is 45.7 cm³/mol. The van der Waals surface area contributed by atoms with Crippen LogP contribution in [-0.4, -0.2) is 9.78 Å². The van der Waals surface area contributed by atoms with Crippen molar-refractivity contribution in [2.75, 3.05) is 0 Å². The maximum atomic E-state index is 4.14. The monoisotopic (exact) mass is 200 g/mol. The quantitative estimate of drug-likeness (QED) is 0.680. The van der Waals surface area contributed by atoms with Gasteiger partial charge in [-0.15, -0.1) is 0 Å². The first-order valence-electron chi connectivity index (χ1n) is 2.98. The molecular formula is C7H9BrN2. The van der Waals surface area contributed by atoms with E-state index in [1.165, 1.54) is 0 Å². The highest BCUT2D eigenvalue weighted by atomic mass is 79.9. The van der Waals surface area contributed by atoms with Gasteiger partial charge in [-0.2, -0.15) is 5.10 Å². The van der Waals surface area contributed by atoms with E-state index in [-0.39, 0.29) is 0 Å². The van der Waals surface area contributed by atoms with Gasteiger partial charge in [0.2, 0.25) is 0 Å². The van der Waals surface area contributed by atoms with Crippen molar-refractivity contribution in [3.05, 3.63) is 22.4 Å². The van der Waals surface area contributed by atoms with E-state index in [0.29, 0.717) is 0 Å². The Morgan fingerprint density at radius 1 is 1.70 bits per heavy atom. The van der Waals surface area contributed by atoms with Crippen LogP contribution in [0.1, 0.15) is 11.3 Å². The molecule has 0 amide bonds. The molecule has 0 radical (unpaired) electrons. The Balaban J connectivity index is 3.33. The normalized spacial score (nSPS) is 9.90. The van der Waals surface area contributed by atoms with Gasteiger partial charge in [0.1, 0.15) is 4.60 Å². The van der Waals surface area contributed by atoms with Gasteiger partial charge >= 0.3 is 0 Å². The minimum Gasteiger partial charge on any atom is -0.271 e. The molecule has 1 rings (SSSR count). The Bertz CT molecular complexity index is 263. The second kappa shape index (κ2) is 2.58. The van der Waals surface area contributed by atoms with E-state index in [4.69, 9.17) is 0 Å². The molecule has 0 aromatic carbocycles. The summed E-state index contributed by atoms with van der Waals surface area (Å²) in [5.74, 6) is 0. The van der Waals surface area contributed by atoms with Crippen molar-refractivity contribution in [2.24, 2.45) is 7.05 Å². The van der Waals surface area contributed by atoms with Crippen LogP contribution in [0.2, 0.25) is 0 Å². The zero-order valence-electron chi connectivity index (χ0n) is 6.06. The number of aromatic nitrogens is 2. The number of hydrogen-bond donors (Lipinski definition) is 0. The maximum Gasteiger partial charge on any atom is 0.135 e. The van der Waals surface area contributed by atoms with Crippen LogP contribution in [0.25, 0.3) is 6.08 Å². The van der Waals surface area contributed by atoms with Gasteiger partial charge in [0.15, 0.2) is 0 Å². The van der Waals surface area contributed by atoms with Crippen LogP contribution < -0.4 is 0 Å². The smallest absolute Gasteiger partial charge is 0.135 e. The fourth-order valence-electron chi connectivity index (χ4n) is 0.816. The fourth-order valence-corrected chi connectivity index (χ4v) is 1.50. The summed E-state index contributed by atoms with van der Waals surface area (Å²) in [7, 11) is 1.91. The lowest BCUT2D eigenvalue weighted by Gasteiger charge is -1.91. The molecule has 0 N–H and O–H groups in total. The Hall–Kier alpha value is -0.570. The second-order valence-electron chi connectivity index (χ2n) is 2.12. The summed E-state index contributed by atoms with van der Waals surface area (Å²) in [6.45, 7) is 5.69. The third-order valence-electron chi connectivity index (χ3n) is 1.54. The minimum atomic E-state index is 0.863. The maximum absolute atomic E-state index is 4.14. The lowest BCUT2D eigenvalue weighted by Crippen LogP contribution is -1.92. The lowest BCUT2D eigenvalue weighted by molar-refractivity contribution is 0.734. The molecule has 0 saturated heterocycles. The van der Waals surface area contributed by atoms with Crippen LogP contribution in [0.15, 0.2) is 11.2 Å². The van der Waals surface area contributed by atoms with Crippen LogP contribution in [-0.2, 0) is 7.05 Å². The van der Waals surface area contributed by atoms with Crippen LogP contribution in [0, 0.1) is 6.92 Å². The molecule has 0 fully saturated rings. The number of aryl methyl sites for hydroxylation is 1. The van der Waals surface area contributed by atoms with E-state index in [1.807, 2.05) is 18.7 Å². The molecule has 0 atom stereocenters. The van der Waals surface area contributed by atoms with Gasteiger partial charge in [-0.3, -0.25) is 4.68 Å². The molecule has 0 unspecified atom stereocenters. The van der Waals surface area contributed by atoms with Crippen LogP contribution in [0.5, 0.6) is 0 Å². The molecule has 3 heteroatoms. The topological polar surface area (TPSA) is 17.8 Å². The molecule has 0 aliphatic carbocycles. The average Bonchev–Trinajstić information content (AvgIpc) is 2.09. The molecule has 1 heterocycles. The summed E-state index contributed by atoms with van der Waals surface area (Å²) >= 11 is 3.32. The van der Waals surface area contributed by atoms with Crippen molar-refractivity contribution >= 4 is 22.0 Å². The van der Waals surface area contributed by atoms with Crippen molar-refractivity contribution in [3.8, 4) is 0 Å². The van der Waals surface area contributed by atoms with E-state index in [9.17, 15) is 0 Å². The molecule has 0 spiro atoms. The Morgan fingerprint density at radius 2 is 2.30 bits per heavy atom. The minimum absolute atomic E-state index is 0.863. The molecule has 0 aliphatic rings. The lowest BCUT2D eigenvalue weighted by atomic mass is 10.3. The summed E-state index contributed by atoms with van der Waals surface area (Å²) < 4.78 is 2.68. The highest BCUT2D eigenvalue weighted by Gasteiger charge is 2.05. The van der Waals surface area contributed by atoms with E-state index in [2.05, 4.69) is 27.6 Å². The average molecular weight is 201 g/mol. The molecule has 0 saturated carbocycles. The van der Waals surface area contributed by atoms with Crippen molar-refractivity contribution in [2.45, 2.75) is 6.92 Å². The standard InChI is InChI=1S/C7H9BrN2/c1-4-6-5(2)10(3)9-7(6)8/h4H,1H2,2-3H3. The number of rotatable bonds is 1. The van der Waals surface area contributed by atoms with E-state index in [0.717, 1.165) is 15.9 Å². The summed E-state index contributed by atoms with van der Waals surface area (Å²) in [4.78, 5) is 0. The third-order valence-corrected chi connectivity index (χ3v) is 2.13. The van der Waals surface area contributed by atoms with Gasteiger partial charge in [-0.05, 0) is 22.9 Å². The van der Waals surface area contributed by atoms with E-state index in [1.54, 1.807) is 6.08 Å². The Morgan fingerprint density at radius 3 is 2.50 bits per heavy atom. The van der Waals surface area contributed by atoms with Gasteiger partial charge in [0.05, 0.1) is 0 Å². The third kappa shape index (κ3) is 1.01. The number of nitrogens with zero attached hydrogens (tertiary/aromatic N) is 2. The summed E-state index contributed by atoms with van der Waals surface area (Å²) in [6, 6.07) is 0. The highest BCUT2D eigenvalue weighted by molar-refractivity contribution is 9.10. The zero-order chi connectivity index (χ0) is 7.72. The van der Waals surface area contributed by atoms with Crippen molar-refractivity contribution < 1.29 is 0 Å². The zero-order valence-corrected chi connectivity index (χ0v) is 7.64. The molecule has 1 aromatic rings. The molecule has 1 aromatic heterocycles. The first kappa shape index (κ1) is 7.54. The first-order valence-corrected chi connectivity index (χ1v) is 3.77. The fraction of sp³-hybridized carbons (Fsp3) is 0.286. The molecule has 10 heavy (non-hydrogen) atoms. The van der Waals surface area contributed by atoms with Gasteiger partial charge in [0.25, 0.3) is 0 Å². The van der Waals surface area contributed by atoms with Crippen molar-refractivity contribution in [1.29, 1.82) is 0 Å². The van der Waals surface area contributed by atoms with Crippen LogP contribution in [0.4, 0.5) is 0 Å². The van der Waals surface area contributed by atoms with Gasteiger partial charge in [-0.25, -0.2) is 0 Å². The molecule has 0 bridgehead atoms. The molecule has 2 nitrogen and oxygen atoms in total. The van der Waals surface area contributed by atoms with Gasteiger partial charge in [0, 0.05) is 18.3 Å². The van der Waals surface area contributed by atoms with Gasteiger partial charge < -0.3 is 0 Å². The first-order chi connectivity index (χ1) is 4.66. The molecular weight excluding hydrogens is 192 g/mol. The molecule has 54 valence electrons. The summed E-state index contributed by atoms with van der Waals surface area (Å²) in [5, 5.41) is 4.14. The Kier molecular flexibility index (Phi) is 1.94. The summed E-state index contributed by atoms with van der Waals surface area (Å²) in [6.07, 6.45) is 1.80. The second-order valence-corrected chi connectivity index (χ2v) is 2.87. The van der Waals surface area contributed by atoms with Gasteiger partial charge in [-0.1, -0.05) is 12.7 Å². The number of hydrogen-bond acceptors (Lipinski definition) is 1. The number of halogens is 1. The molecule has 0 aliphatic heterocycles. The van der Waals surface area contributed by atoms with E-state index < -0.39 is 0 Å². The van der Waals surface area contributed by atoms with Crippen molar-refractivity contribution in [3.63, 3.8) is 0 Å². The van der Waals surface area contributed by atoms with Crippen molar-refractivity contribution in [1.82, 2.24) is 9.78 Å². The Labute approximate surface area is 68.7 Å². The summed E-state index contributed by atoms with van der Waals surface area (Å²) in [5.41, 5.74) is 2.20. The van der Waals surface area contributed by atoms with E-state index >= 15 is 0 Å². The SMILES string of the molecule is C=Cc1c(Br)nn(C)c1C. The van der Waals surface area contributed by atoms with Crippen LogP contribution >= 0.6 is 15.9 Å². The largest absolute Gasteiger partial charge is 0.271 e. The highest BCUT2D eigenvalue weighted by Crippen LogP contribution is 2.18. The van der Waals surface area contributed by atoms with Crippen LogP contribution in [0.3, 0.4) is 0 Å². The predicted octanol–water partition coefficient (Wildman–Crippen LogP) is 2.13.